The van der Waals surface area contributed by atoms with Crippen LogP contribution in [0, 0.1) is 34.5 Å². The summed E-state index contributed by atoms with van der Waals surface area (Å²) in [5, 5.41) is 8.88. The maximum absolute atomic E-state index is 10.7. The Hall–Kier alpha value is -1.09. The molecule has 0 heterocycles. The third-order valence-electron chi connectivity index (χ3n) is 8.26. The zero-order valence-electron chi connectivity index (χ0n) is 17.9. The highest BCUT2D eigenvalue weighted by molar-refractivity contribution is 5.65. The lowest BCUT2D eigenvalue weighted by Crippen LogP contribution is -2.48. The normalized spacial score (nSPS) is 34.0. The minimum Gasteiger partial charge on any atom is -0.466 e. The molecule has 2 saturated carbocycles. The van der Waals surface area contributed by atoms with Crippen LogP contribution in [-0.4, -0.2) is 24.3 Å². The van der Waals surface area contributed by atoms with E-state index in [1.165, 1.54) is 43.8 Å². The van der Waals surface area contributed by atoms with E-state index in [4.69, 9.17) is 9.84 Å². The number of rotatable bonds is 5. The lowest BCUT2D eigenvalue weighted by Gasteiger charge is -2.56. The molecule has 0 aliphatic heterocycles. The predicted octanol–water partition coefficient (Wildman–Crippen LogP) is 5.29. The van der Waals surface area contributed by atoms with Crippen molar-refractivity contribution < 1.29 is 14.6 Å². The topological polar surface area (TPSA) is 46.5 Å². The standard InChI is InChI=1S/C13H20O2.C11H18O/c1-9(14)15-7-6-10-4-5-11-8-12(10)13(11,2)3;1-11(2)9-4-3-8(5-6-12)10(11)7-9/h4,11-12H,5-8H2,1-3H3;3,9-10,12H,4-7H2,1-2H3. The van der Waals surface area contributed by atoms with Gasteiger partial charge in [0.15, 0.2) is 0 Å². The summed E-state index contributed by atoms with van der Waals surface area (Å²) in [5.41, 5.74) is 4.05. The van der Waals surface area contributed by atoms with Gasteiger partial charge in [-0.3, -0.25) is 4.79 Å². The summed E-state index contributed by atoms with van der Waals surface area (Å²) in [6.07, 6.45) is 11.8. The lowest BCUT2D eigenvalue weighted by atomic mass is 9.48. The van der Waals surface area contributed by atoms with E-state index < -0.39 is 0 Å². The van der Waals surface area contributed by atoms with Crippen molar-refractivity contribution in [1.82, 2.24) is 0 Å². The third kappa shape index (κ3) is 3.90. The van der Waals surface area contributed by atoms with Gasteiger partial charge in [-0.15, -0.1) is 0 Å². The summed E-state index contributed by atoms with van der Waals surface area (Å²) < 4.78 is 5.00. The Kier molecular flexibility index (Phi) is 5.91. The molecule has 152 valence electrons. The van der Waals surface area contributed by atoms with E-state index in [9.17, 15) is 4.79 Å². The second-order valence-electron chi connectivity index (χ2n) is 10.2. The molecule has 27 heavy (non-hydrogen) atoms. The number of carbonyl (C=O) groups is 1. The Bertz CT molecular complexity index is 626. The van der Waals surface area contributed by atoms with Crippen molar-refractivity contribution in [3.05, 3.63) is 23.3 Å². The average Bonchev–Trinajstić information content (AvgIpc) is 2.62. The largest absolute Gasteiger partial charge is 0.466 e. The molecule has 0 aromatic carbocycles. The Balaban J connectivity index is 0.000000159. The quantitative estimate of drug-likeness (QED) is 0.525. The molecule has 4 atom stereocenters. The van der Waals surface area contributed by atoms with Crippen LogP contribution < -0.4 is 0 Å². The molecule has 0 aromatic heterocycles. The van der Waals surface area contributed by atoms with Gasteiger partial charge in [0.05, 0.1) is 6.61 Å². The molecule has 4 unspecified atom stereocenters. The van der Waals surface area contributed by atoms with Crippen LogP contribution in [-0.2, 0) is 9.53 Å². The highest BCUT2D eigenvalue weighted by atomic mass is 16.5. The van der Waals surface area contributed by atoms with Crippen LogP contribution in [0.2, 0.25) is 0 Å². The number of aliphatic hydroxyl groups excluding tert-OH is 1. The van der Waals surface area contributed by atoms with E-state index in [1.54, 1.807) is 0 Å². The Morgan fingerprint density at radius 3 is 1.85 bits per heavy atom. The van der Waals surface area contributed by atoms with Crippen LogP contribution in [0.25, 0.3) is 0 Å². The predicted molar refractivity (Wildman–Crippen MR) is 109 cm³/mol. The summed E-state index contributed by atoms with van der Waals surface area (Å²) in [5.74, 6) is 3.16. The van der Waals surface area contributed by atoms with Crippen molar-refractivity contribution >= 4 is 5.97 Å². The van der Waals surface area contributed by atoms with Gasteiger partial charge >= 0.3 is 5.97 Å². The monoisotopic (exact) mass is 374 g/mol. The van der Waals surface area contributed by atoms with Gasteiger partial charge in [0.2, 0.25) is 0 Å². The van der Waals surface area contributed by atoms with Crippen molar-refractivity contribution in [3.8, 4) is 0 Å². The Morgan fingerprint density at radius 2 is 1.48 bits per heavy atom. The number of carbonyl (C=O) groups excluding carboxylic acids is 1. The molecular weight excluding hydrogens is 336 g/mol. The van der Waals surface area contributed by atoms with Gasteiger partial charge in [-0.05, 0) is 66.6 Å². The van der Waals surface area contributed by atoms with Gasteiger partial charge in [0, 0.05) is 20.0 Å². The first-order chi connectivity index (χ1) is 12.7. The van der Waals surface area contributed by atoms with Crippen molar-refractivity contribution in [2.45, 2.75) is 73.1 Å². The molecule has 6 rings (SSSR count). The van der Waals surface area contributed by atoms with E-state index in [1.807, 2.05) is 0 Å². The molecule has 3 heteroatoms. The number of ether oxygens (including phenoxy) is 1. The first kappa shape index (κ1) is 20.6. The van der Waals surface area contributed by atoms with E-state index in [-0.39, 0.29) is 5.97 Å². The molecule has 6 aliphatic carbocycles. The Morgan fingerprint density at radius 1 is 1.00 bits per heavy atom. The molecule has 0 radical (unpaired) electrons. The zero-order valence-corrected chi connectivity index (χ0v) is 17.9. The van der Waals surface area contributed by atoms with Crippen molar-refractivity contribution in [2.24, 2.45) is 34.5 Å². The molecule has 2 fully saturated rings. The van der Waals surface area contributed by atoms with Crippen LogP contribution >= 0.6 is 0 Å². The fourth-order valence-corrected chi connectivity index (χ4v) is 5.96. The van der Waals surface area contributed by atoms with Gasteiger partial charge in [-0.2, -0.15) is 0 Å². The van der Waals surface area contributed by atoms with E-state index in [0.29, 0.717) is 24.0 Å². The molecule has 3 nitrogen and oxygen atoms in total. The van der Waals surface area contributed by atoms with Gasteiger partial charge < -0.3 is 9.84 Å². The molecule has 0 aromatic rings. The van der Waals surface area contributed by atoms with Crippen molar-refractivity contribution in [1.29, 1.82) is 0 Å². The lowest BCUT2D eigenvalue weighted by molar-refractivity contribution is -0.141. The van der Waals surface area contributed by atoms with Gasteiger partial charge in [0.1, 0.15) is 0 Å². The highest BCUT2D eigenvalue weighted by Gasteiger charge is 2.51. The minimum atomic E-state index is -0.169. The summed E-state index contributed by atoms with van der Waals surface area (Å²) in [7, 11) is 0. The number of hydrogen-bond donors (Lipinski definition) is 1. The minimum absolute atomic E-state index is 0.169. The number of fused-ring (bicyclic) bond motifs is 2. The van der Waals surface area contributed by atoms with E-state index >= 15 is 0 Å². The van der Waals surface area contributed by atoms with Crippen LogP contribution in [0.1, 0.15) is 73.1 Å². The van der Waals surface area contributed by atoms with Crippen molar-refractivity contribution in [2.75, 3.05) is 13.2 Å². The van der Waals surface area contributed by atoms with Gasteiger partial charge in [0.25, 0.3) is 0 Å². The highest BCUT2D eigenvalue weighted by Crippen LogP contribution is 2.60. The smallest absolute Gasteiger partial charge is 0.302 e. The second kappa shape index (κ2) is 7.73. The molecule has 1 N–H and O–H groups in total. The molecule has 0 amide bonds. The van der Waals surface area contributed by atoms with Crippen LogP contribution in [0.4, 0.5) is 0 Å². The summed E-state index contributed by atoms with van der Waals surface area (Å²) >= 11 is 0. The van der Waals surface area contributed by atoms with Crippen LogP contribution in [0.5, 0.6) is 0 Å². The van der Waals surface area contributed by atoms with E-state index in [0.717, 1.165) is 36.5 Å². The summed E-state index contributed by atoms with van der Waals surface area (Å²) in [6, 6.07) is 0. The van der Waals surface area contributed by atoms with Gasteiger partial charge in [-0.1, -0.05) is 51.0 Å². The fourth-order valence-electron chi connectivity index (χ4n) is 5.96. The zero-order chi connectivity index (χ0) is 19.8. The van der Waals surface area contributed by atoms with Crippen molar-refractivity contribution in [3.63, 3.8) is 0 Å². The fraction of sp³-hybridized carbons (Fsp3) is 0.792. The molecule has 6 aliphatic rings. The van der Waals surface area contributed by atoms with Crippen LogP contribution in [0.3, 0.4) is 0 Å². The summed E-state index contributed by atoms with van der Waals surface area (Å²) in [6.45, 7) is 11.8. The Labute approximate surface area is 165 Å². The third-order valence-corrected chi connectivity index (χ3v) is 8.26. The molecular formula is C24H38O3. The summed E-state index contributed by atoms with van der Waals surface area (Å²) in [4.78, 5) is 10.7. The first-order valence-corrected chi connectivity index (χ1v) is 10.8. The molecule has 0 saturated heterocycles. The molecule has 4 bridgehead atoms. The first-order valence-electron chi connectivity index (χ1n) is 10.8. The maximum atomic E-state index is 10.7. The van der Waals surface area contributed by atoms with Gasteiger partial charge in [-0.25, -0.2) is 0 Å². The number of hydrogen-bond acceptors (Lipinski definition) is 3. The van der Waals surface area contributed by atoms with E-state index in [2.05, 4.69) is 39.8 Å². The second-order valence-corrected chi connectivity index (χ2v) is 10.2. The number of allylic oxidation sites excluding steroid dienone is 2. The SMILES string of the molecule is CC(=O)OCCC1=CCC2CC1C2(C)C.CC1(C)C2CC=C(CCO)C1C2. The van der Waals surface area contributed by atoms with Crippen LogP contribution in [0.15, 0.2) is 23.3 Å². The number of aliphatic hydroxyl groups is 1. The average molecular weight is 375 g/mol. The number of esters is 1. The molecule has 0 spiro atoms. The maximum Gasteiger partial charge on any atom is 0.302 e.